The molecule has 5 heteroatoms. The number of carbonyl (C=O) groups excluding carboxylic acids is 1. The van der Waals surface area contributed by atoms with Crippen LogP contribution in [-0.2, 0) is 9.63 Å². The van der Waals surface area contributed by atoms with Crippen LogP contribution >= 0.6 is 11.6 Å². The van der Waals surface area contributed by atoms with Gasteiger partial charge in [-0.2, -0.15) is 0 Å². The average Bonchev–Trinajstić information content (AvgIpc) is 2.98. The number of nitrogens with zero attached hydrogens (tertiary/aromatic N) is 1. The quantitative estimate of drug-likeness (QED) is 0.943. The highest BCUT2D eigenvalue weighted by molar-refractivity contribution is 6.30. The van der Waals surface area contributed by atoms with Gasteiger partial charge in [0.15, 0.2) is 0 Å². The van der Waals surface area contributed by atoms with Gasteiger partial charge < -0.3 is 10.2 Å². The van der Waals surface area contributed by atoms with E-state index in [-0.39, 0.29) is 5.91 Å². The minimum Gasteiger partial charge on any atom is -0.382 e. The van der Waals surface area contributed by atoms with Gasteiger partial charge in [0.1, 0.15) is 0 Å². The van der Waals surface area contributed by atoms with Gasteiger partial charge in [0, 0.05) is 17.1 Å². The van der Waals surface area contributed by atoms with E-state index in [1.165, 1.54) is 0 Å². The van der Waals surface area contributed by atoms with E-state index in [1.807, 2.05) is 30.3 Å². The Labute approximate surface area is 127 Å². The maximum atomic E-state index is 12.2. The van der Waals surface area contributed by atoms with Crippen LogP contribution in [0.15, 0.2) is 59.8 Å². The fourth-order valence-corrected chi connectivity index (χ4v) is 2.30. The predicted octanol–water partition coefficient (Wildman–Crippen LogP) is 3.47. The molecule has 0 aliphatic carbocycles. The predicted molar refractivity (Wildman–Crippen MR) is 82.6 cm³/mol. The van der Waals surface area contributed by atoms with Crippen LogP contribution in [0.1, 0.15) is 12.0 Å². The molecule has 0 aromatic heterocycles. The molecular weight excluding hydrogens is 288 g/mol. The summed E-state index contributed by atoms with van der Waals surface area (Å²) in [6.45, 7) is 0. The summed E-state index contributed by atoms with van der Waals surface area (Å²) in [5.74, 6) is -0.230. The highest BCUT2D eigenvalue weighted by Gasteiger charge is 2.28. The Balaban J connectivity index is 1.64. The van der Waals surface area contributed by atoms with E-state index in [0.717, 1.165) is 11.3 Å². The van der Waals surface area contributed by atoms with Gasteiger partial charge in [0.2, 0.25) is 6.10 Å². The lowest BCUT2D eigenvalue weighted by Gasteiger charge is -2.09. The first-order valence-corrected chi connectivity index (χ1v) is 6.95. The number of halogens is 1. The van der Waals surface area contributed by atoms with Crippen molar-refractivity contribution in [2.24, 2.45) is 5.16 Å². The van der Waals surface area contributed by atoms with Crippen LogP contribution in [0.25, 0.3) is 0 Å². The van der Waals surface area contributed by atoms with Crippen LogP contribution in [0.2, 0.25) is 5.02 Å². The Morgan fingerprint density at radius 3 is 2.76 bits per heavy atom. The van der Waals surface area contributed by atoms with Gasteiger partial charge in [0.05, 0.1) is 5.71 Å². The minimum absolute atomic E-state index is 0.230. The molecular formula is C16H13ClN2O2. The van der Waals surface area contributed by atoms with Crippen molar-refractivity contribution >= 4 is 28.9 Å². The minimum atomic E-state index is -0.612. The molecule has 4 nitrogen and oxygen atoms in total. The van der Waals surface area contributed by atoms with Crippen molar-refractivity contribution in [2.45, 2.75) is 12.5 Å². The molecule has 0 radical (unpaired) electrons. The van der Waals surface area contributed by atoms with Gasteiger partial charge in [-0.15, -0.1) is 0 Å². The van der Waals surface area contributed by atoms with E-state index in [0.29, 0.717) is 17.1 Å². The van der Waals surface area contributed by atoms with Crippen LogP contribution in [0.4, 0.5) is 5.69 Å². The molecule has 1 atom stereocenters. The summed E-state index contributed by atoms with van der Waals surface area (Å²) in [4.78, 5) is 17.4. The van der Waals surface area contributed by atoms with Gasteiger partial charge in [-0.25, -0.2) is 0 Å². The number of amides is 1. The van der Waals surface area contributed by atoms with Crippen molar-refractivity contribution < 1.29 is 9.63 Å². The van der Waals surface area contributed by atoms with E-state index in [2.05, 4.69) is 10.5 Å². The second-order valence-corrected chi connectivity index (χ2v) is 5.14. The third-order valence-corrected chi connectivity index (χ3v) is 3.40. The van der Waals surface area contributed by atoms with Crippen molar-refractivity contribution in [3.63, 3.8) is 0 Å². The molecule has 2 aromatic carbocycles. The normalized spacial score (nSPS) is 17.0. The number of hydrogen-bond acceptors (Lipinski definition) is 3. The number of benzene rings is 2. The molecule has 0 spiro atoms. The molecule has 0 saturated carbocycles. The second kappa shape index (κ2) is 5.97. The molecule has 3 rings (SSSR count). The number of hydrogen-bond donors (Lipinski definition) is 1. The molecule has 1 amide bonds. The van der Waals surface area contributed by atoms with Crippen molar-refractivity contribution in [1.29, 1.82) is 0 Å². The standard InChI is InChI=1S/C16H13ClN2O2/c17-12-7-4-8-13(9-12)18-16(20)15-10-14(19-21-15)11-5-2-1-3-6-11/h1-9,15H,10H2,(H,18,20). The SMILES string of the molecule is O=C(Nc1cccc(Cl)c1)C1CC(c2ccccc2)=NO1. The lowest BCUT2D eigenvalue weighted by atomic mass is 10.0. The molecule has 1 heterocycles. The summed E-state index contributed by atoms with van der Waals surface area (Å²) in [7, 11) is 0. The largest absolute Gasteiger partial charge is 0.382 e. The highest BCUT2D eigenvalue weighted by Crippen LogP contribution is 2.19. The summed E-state index contributed by atoms with van der Waals surface area (Å²) in [5, 5.41) is 7.34. The maximum Gasteiger partial charge on any atom is 0.268 e. The van der Waals surface area contributed by atoms with Crippen LogP contribution in [-0.4, -0.2) is 17.7 Å². The fraction of sp³-hybridized carbons (Fsp3) is 0.125. The smallest absolute Gasteiger partial charge is 0.268 e. The Kier molecular flexibility index (Phi) is 3.88. The Bertz CT molecular complexity index is 686. The van der Waals surface area contributed by atoms with Gasteiger partial charge in [0.25, 0.3) is 5.91 Å². The van der Waals surface area contributed by atoms with Crippen LogP contribution in [0.5, 0.6) is 0 Å². The van der Waals surface area contributed by atoms with Crippen molar-refractivity contribution in [3.05, 3.63) is 65.2 Å². The van der Waals surface area contributed by atoms with Gasteiger partial charge in [-0.1, -0.05) is 53.2 Å². The lowest BCUT2D eigenvalue weighted by molar-refractivity contribution is -0.125. The molecule has 0 bridgehead atoms. The van der Waals surface area contributed by atoms with Gasteiger partial charge in [-0.05, 0) is 23.8 Å². The van der Waals surface area contributed by atoms with Crippen molar-refractivity contribution in [3.8, 4) is 0 Å². The second-order valence-electron chi connectivity index (χ2n) is 4.70. The molecule has 106 valence electrons. The zero-order valence-electron chi connectivity index (χ0n) is 11.1. The van der Waals surface area contributed by atoms with E-state index in [1.54, 1.807) is 24.3 Å². The molecule has 0 fully saturated rings. The third kappa shape index (κ3) is 3.23. The van der Waals surface area contributed by atoms with Crippen LogP contribution < -0.4 is 5.32 Å². The lowest BCUT2D eigenvalue weighted by Crippen LogP contribution is -2.28. The van der Waals surface area contributed by atoms with Crippen molar-refractivity contribution in [2.75, 3.05) is 5.32 Å². The molecule has 1 unspecified atom stereocenters. The van der Waals surface area contributed by atoms with E-state index >= 15 is 0 Å². The Hall–Kier alpha value is -2.33. The number of nitrogens with one attached hydrogen (secondary N) is 1. The fourth-order valence-electron chi connectivity index (χ4n) is 2.11. The van der Waals surface area contributed by atoms with Crippen LogP contribution in [0.3, 0.4) is 0 Å². The van der Waals surface area contributed by atoms with Gasteiger partial charge in [-0.3, -0.25) is 4.79 Å². The Morgan fingerprint density at radius 2 is 2.00 bits per heavy atom. The van der Waals surface area contributed by atoms with Crippen molar-refractivity contribution in [1.82, 2.24) is 0 Å². The summed E-state index contributed by atoms with van der Waals surface area (Å²) in [6.07, 6.45) is -0.157. The summed E-state index contributed by atoms with van der Waals surface area (Å²) in [6, 6.07) is 16.7. The maximum absolute atomic E-state index is 12.2. The molecule has 0 saturated heterocycles. The van der Waals surface area contributed by atoms with E-state index < -0.39 is 6.10 Å². The topological polar surface area (TPSA) is 50.7 Å². The molecule has 1 aliphatic rings. The van der Waals surface area contributed by atoms with E-state index in [9.17, 15) is 4.79 Å². The number of rotatable bonds is 3. The molecule has 21 heavy (non-hydrogen) atoms. The average molecular weight is 301 g/mol. The Morgan fingerprint density at radius 1 is 1.19 bits per heavy atom. The van der Waals surface area contributed by atoms with Gasteiger partial charge >= 0.3 is 0 Å². The first-order valence-electron chi connectivity index (χ1n) is 6.57. The first kappa shape index (κ1) is 13.6. The zero-order valence-corrected chi connectivity index (χ0v) is 11.9. The number of oxime groups is 1. The summed E-state index contributed by atoms with van der Waals surface area (Å²) < 4.78 is 0. The highest BCUT2D eigenvalue weighted by atomic mass is 35.5. The number of anilines is 1. The summed E-state index contributed by atoms with van der Waals surface area (Å²) >= 11 is 5.89. The third-order valence-electron chi connectivity index (χ3n) is 3.16. The molecule has 2 aromatic rings. The summed E-state index contributed by atoms with van der Waals surface area (Å²) in [5.41, 5.74) is 2.39. The molecule has 1 N–H and O–H groups in total. The first-order chi connectivity index (χ1) is 10.2. The molecule has 1 aliphatic heterocycles. The van der Waals surface area contributed by atoms with E-state index in [4.69, 9.17) is 16.4 Å². The zero-order chi connectivity index (χ0) is 14.7. The van der Waals surface area contributed by atoms with Crippen LogP contribution in [0, 0.1) is 0 Å². The monoisotopic (exact) mass is 300 g/mol. The number of carbonyl (C=O) groups is 1.